The molecule has 0 spiro atoms. The van der Waals surface area contributed by atoms with Crippen LogP contribution in [0.3, 0.4) is 0 Å². The van der Waals surface area contributed by atoms with Crippen molar-refractivity contribution in [3.63, 3.8) is 0 Å². The minimum Gasteiger partial charge on any atom is -0.497 e. The van der Waals surface area contributed by atoms with Crippen molar-refractivity contribution in [1.82, 2.24) is 10.2 Å². The topological polar surface area (TPSA) is 44.8 Å². The largest absolute Gasteiger partial charge is 0.497 e. The number of carbonyl (C=O) groups excluding carboxylic acids is 1. The van der Waals surface area contributed by atoms with Crippen LogP contribution >= 0.6 is 0 Å². The van der Waals surface area contributed by atoms with E-state index in [2.05, 4.69) is 58.4 Å². The van der Waals surface area contributed by atoms with Crippen molar-refractivity contribution in [1.29, 1.82) is 0 Å². The number of nitrogens with one attached hydrogen (secondary N) is 1. The average molecular weight is 430 g/mol. The van der Waals surface area contributed by atoms with Crippen LogP contribution in [0.5, 0.6) is 5.75 Å². The number of rotatable bonds is 7. The minimum absolute atomic E-state index is 0.0408. The van der Waals surface area contributed by atoms with E-state index in [9.17, 15) is 4.79 Å². The molecule has 166 valence electrons. The summed E-state index contributed by atoms with van der Waals surface area (Å²) in [4.78, 5) is 17.7. The Morgan fingerprint density at radius 2 is 1.50 bits per heavy atom. The summed E-state index contributed by atoms with van der Waals surface area (Å²) in [6, 6.07) is 26.3. The fraction of sp³-hybridized carbons (Fsp3) is 0.296. The highest BCUT2D eigenvalue weighted by molar-refractivity contribution is 5.79. The maximum absolute atomic E-state index is 13.0. The fourth-order valence-corrected chi connectivity index (χ4v) is 4.28. The van der Waals surface area contributed by atoms with E-state index in [0.29, 0.717) is 6.54 Å². The third-order valence-corrected chi connectivity index (χ3v) is 6.08. The Balaban J connectivity index is 1.39. The Hall–Kier alpha value is -3.31. The van der Waals surface area contributed by atoms with E-state index in [1.54, 1.807) is 7.11 Å². The van der Waals surface area contributed by atoms with Crippen molar-refractivity contribution in [2.45, 2.75) is 13.0 Å². The Kier molecular flexibility index (Phi) is 7.07. The molecule has 32 heavy (non-hydrogen) atoms. The smallest absolute Gasteiger partial charge is 0.234 e. The predicted molar refractivity (Wildman–Crippen MR) is 129 cm³/mol. The molecule has 1 atom stereocenters. The van der Waals surface area contributed by atoms with E-state index < -0.39 is 0 Å². The number of nitrogens with zero attached hydrogens (tertiary/aromatic N) is 2. The molecule has 1 amide bonds. The van der Waals surface area contributed by atoms with Gasteiger partial charge in [0.15, 0.2) is 0 Å². The number of benzene rings is 3. The molecular weight excluding hydrogens is 398 g/mol. The molecular formula is C27H31N3O2. The molecule has 0 unspecified atom stereocenters. The summed E-state index contributed by atoms with van der Waals surface area (Å²) < 4.78 is 5.29. The van der Waals surface area contributed by atoms with E-state index in [1.165, 1.54) is 11.3 Å². The number of para-hydroxylation sites is 1. The van der Waals surface area contributed by atoms with Crippen LogP contribution < -0.4 is 15.0 Å². The molecule has 0 saturated carbocycles. The van der Waals surface area contributed by atoms with Crippen LogP contribution in [0.2, 0.25) is 0 Å². The normalized spacial score (nSPS) is 15.2. The van der Waals surface area contributed by atoms with Crippen LogP contribution in [0.1, 0.15) is 22.7 Å². The molecule has 5 heteroatoms. The lowest BCUT2D eigenvalue weighted by Gasteiger charge is -2.36. The van der Waals surface area contributed by atoms with Crippen LogP contribution in [-0.4, -0.2) is 50.6 Å². The van der Waals surface area contributed by atoms with Crippen molar-refractivity contribution in [2.75, 3.05) is 44.7 Å². The Morgan fingerprint density at radius 3 is 2.16 bits per heavy atom. The van der Waals surface area contributed by atoms with Gasteiger partial charge in [-0.25, -0.2) is 0 Å². The Labute approximate surface area is 190 Å². The molecule has 0 bridgehead atoms. The van der Waals surface area contributed by atoms with Gasteiger partial charge in [0.1, 0.15) is 5.75 Å². The molecule has 3 aromatic carbocycles. The highest BCUT2D eigenvalue weighted by atomic mass is 16.5. The Morgan fingerprint density at radius 1 is 0.875 bits per heavy atom. The molecule has 1 N–H and O–H groups in total. The van der Waals surface area contributed by atoms with Crippen molar-refractivity contribution in [3.05, 3.63) is 95.6 Å². The third kappa shape index (κ3) is 5.29. The number of carbonyl (C=O) groups is 1. The van der Waals surface area contributed by atoms with Gasteiger partial charge in [0.05, 0.1) is 19.7 Å². The lowest BCUT2D eigenvalue weighted by atomic mass is 9.98. The number of aryl methyl sites for hydroxylation is 1. The maximum Gasteiger partial charge on any atom is 0.234 e. The van der Waals surface area contributed by atoms with Crippen LogP contribution in [0.25, 0.3) is 0 Å². The number of hydrogen-bond acceptors (Lipinski definition) is 4. The van der Waals surface area contributed by atoms with Gasteiger partial charge in [-0.05, 0) is 41.8 Å². The molecule has 1 saturated heterocycles. The number of ether oxygens (including phenoxy) is 1. The number of methoxy groups -OCH3 is 1. The number of anilines is 1. The SMILES string of the molecule is COc1ccc([C@H](NC(=O)CN2CCN(c3ccccc3C)CC2)c2ccccc2)cc1. The van der Waals surface area contributed by atoms with E-state index in [-0.39, 0.29) is 11.9 Å². The first kappa shape index (κ1) is 21.9. The van der Waals surface area contributed by atoms with Crippen LogP contribution in [0.15, 0.2) is 78.9 Å². The van der Waals surface area contributed by atoms with Crippen molar-refractivity contribution >= 4 is 11.6 Å². The van der Waals surface area contributed by atoms with Crippen LogP contribution in [0.4, 0.5) is 5.69 Å². The van der Waals surface area contributed by atoms with Crippen LogP contribution in [-0.2, 0) is 4.79 Å². The van der Waals surface area contributed by atoms with Gasteiger partial charge in [-0.3, -0.25) is 9.69 Å². The van der Waals surface area contributed by atoms with Crippen molar-refractivity contribution in [3.8, 4) is 5.75 Å². The lowest BCUT2D eigenvalue weighted by molar-refractivity contribution is -0.122. The van der Waals surface area contributed by atoms with E-state index in [0.717, 1.165) is 43.1 Å². The summed E-state index contributed by atoms with van der Waals surface area (Å²) >= 11 is 0. The van der Waals surface area contributed by atoms with E-state index >= 15 is 0 Å². The van der Waals surface area contributed by atoms with Gasteiger partial charge in [-0.15, -0.1) is 0 Å². The summed E-state index contributed by atoms with van der Waals surface area (Å²) in [6.45, 7) is 6.16. The van der Waals surface area contributed by atoms with Crippen molar-refractivity contribution < 1.29 is 9.53 Å². The molecule has 5 nitrogen and oxygen atoms in total. The molecule has 0 aliphatic carbocycles. The molecule has 0 aromatic heterocycles. The minimum atomic E-state index is -0.192. The predicted octanol–water partition coefficient (Wildman–Crippen LogP) is 4.03. The highest BCUT2D eigenvalue weighted by Gasteiger charge is 2.22. The second-order valence-corrected chi connectivity index (χ2v) is 8.23. The monoisotopic (exact) mass is 429 g/mol. The summed E-state index contributed by atoms with van der Waals surface area (Å²) in [5, 5.41) is 3.25. The number of hydrogen-bond donors (Lipinski definition) is 1. The first-order valence-corrected chi connectivity index (χ1v) is 11.2. The first-order chi connectivity index (χ1) is 15.6. The quantitative estimate of drug-likeness (QED) is 0.616. The average Bonchev–Trinajstić information content (AvgIpc) is 2.84. The summed E-state index contributed by atoms with van der Waals surface area (Å²) in [5.74, 6) is 0.845. The summed E-state index contributed by atoms with van der Waals surface area (Å²) in [5.41, 5.74) is 4.69. The summed E-state index contributed by atoms with van der Waals surface area (Å²) in [6.07, 6.45) is 0. The molecule has 0 radical (unpaired) electrons. The maximum atomic E-state index is 13.0. The van der Waals surface area contributed by atoms with Gasteiger partial charge in [-0.2, -0.15) is 0 Å². The van der Waals surface area contributed by atoms with Gasteiger partial charge in [-0.1, -0.05) is 60.7 Å². The zero-order valence-corrected chi connectivity index (χ0v) is 18.8. The Bertz CT molecular complexity index is 1010. The van der Waals surface area contributed by atoms with Gasteiger partial charge in [0.2, 0.25) is 5.91 Å². The summed E-state index contributed by atoms with van der Waals surface area (Å²) in [7, 11) is 1.66. The second-order valence-electron chi connectivity index (χ2n) is 8.23. The van der Waals surface area contributed by atoms with Gasteiger partial charge >= 0.3 is 0 Å². The standard InChI is InChI=1S/C27H31N3O2/c1-21-8-6-7-11-25(21)30-18-16-29(17-19-30)20-26(31)28-27(22-9-4-3-5-10-22)23-12-14-24(32-2)15-13-23/h3-15,27H,16-20H2,1-2H3,(H,28,31)/t27-/m1/s1. The van der Waals surface area contributed by atoms with Gasteiger partial charge in [0.25, 0.3) is 0 Å². The number of piperazine rings is 1. The number of amides is 1. The molecule has 4 rings (SSSR count). The van der Waals surface area contributed by atoms with Crippen LogP contribution in [0, 0.1) is 6.92 Å². The van der Waals surface area contributed by atoms with Gasteiger partial charge in [0, 0.05) is 31.9 Å². The first-order valence-electron chi connectivity index (χ1n) is 11.2. The molecule has 3 aromatic rings. The zero-order chi connectivity index (χ0) is 22.3. The second kappa shape index (κ2) is 10.3. The third-order valence-electron chi connectivity index (χ3n) is 6.08. The molecule has 1 aliphatic rings. The fourth-order valence-electron chi connectivity index (χ4n) is 4.28. The van der Waals surface area contributed by atoms with Gasteiger partial charge < -0.3 is 15.0 Å². The lowest BCUT2D eigenvalue weighted by Crippen LogP contribution is -2.50. The molecule has 1 fully saturated rings. The zero-order valence-electron chi connectivity index (χ0n) is 18.8. The van der Waals surface area contributed by atoms with E-state index in [1.807, 2.05) is 42.5 Å². The van der Waals surface area contributed by atoms with E-state index in [4.69, 9.17) is 4.74 Å². The highest BCUT2D eigenvalue weighted by Crippen LogP contribution is 2.24. The molecule has 1 aliphatic heterocycles. The van der Waals surface area contributed by atoms with Crippen molar-refractivity contribution in [2.24, 2.45) is 0 Å². The molecule has 1 heterocycles.